The highest BCUT2D eigenvalue weighted by Gasteiger charge is 2.11. The summed E-state index contributed by atoms with van der Waals surface area (Å²) in [4.78, 5) is 12.6. The van der Waals surface area contributed by atoms with Gasteiger partial charge in [0.25, 0.3) is 5.89 Å². The number of aromatic nitrogens is 2. The second-order valence-electron chi connectivity index (χ2n) is 3.94. The normalized spacial score (nSPS) is 10.8. The summed E-state index contributed by atoms with van der Waals surface area (Å²) in [5.41, 5.74) is 0.903. The molecule has 6 heteroatoms. The number of halogens is 1. The highest BCUT2D eigenvalue weighted by molar-refractivity contribution is 7.13. The van der Waals surface area contributed by atoms with Crippen molar-refractivity contribution in [3.63, 3.8) is 0 Å². The maximum Gasteiger partial charge on any atom is 0.437 e. The molecule has 1 aromatic carbocycles. The van der Waals surface area contributed by atoms with Crippen molar-refractivity contribution in [3.05, 3.63) is 62.9 Å². The fourth-order valence-electron chi connectivity index (χ4n) is 1.71. The van der Waals surface area contributed by atoms with E-state index in [1.165, 1.54) is 16.0 Å². The predicted octanol–water partition coefficient (Wildman–Crippen LogP) is 3.27. The molecule has 96 valence electrons. The molecule has 0 fully saturated rings. The van der Waals surface area contributed by atoms with Crippen molar-refractivity contribution >= 4 is 22.9 Å². The van der Waals surface area contributed by atoms with Gasteiger partial charge in [0.1, 0.15) is 0 Å². The number of hydrogen-bond acceptors (Lipinski definition) is 4. The number of rotatable bonds is 3. The minimum Gasteiger partial charge on any atom is -0.387 e. The summed E-state index contributed by atoms with van der Waals surface area (Å²) < 4.78 is 6.43. The summed E-state index contributed by atoms with van der Waals surface area (Å²) in [7, 11) is 0. The summed E-state index contributed by atoms with van der Waals surface area (Å²) >= 11 is 7.38. The minimum atomic E-state index is -0.469. The van der Waals surface area contributed by atoms with E-state index in [1.54, 1.807) is 12.1 Å². The predicted molar refractivity (Wildman–Crippen MR) is 74.6 cm³/mol. The van der Waals surface area contributed by atoms with Crippen LogP contribution in [0.2, 0.25) is 5.02 Å². The van der Waals surface area contributed by atoms with Crippen molar-refractivity contribution in [2.75, 3.05) is 0 Å². The van der Waals surface area contributed by atoms with Gasteiger partial charge >= 0.3 is 5.76 Å². The largest absolute Gasteiger partial charge is 0.437 e. The van der Waals surface area contributed by atoms with Crippen LogP contribution in [0, 0.1) is 0 Å². The molecule has 4 nitrogen and oxygen atoms in total. The van der Waals surface area contributed by atoms with Crippen LogP contribution in [0.1, 0.15) is 5.56 Å². The van der Waals surface area contributed by atoms with Gasteiger partial charge in [-0.05, 0) is 29.1 Å². The third kappa shape index (κ3) is 2.62. The smallest absolute Gasteiger partial charge is 0.387 e. The van der Waals surface area contributed by atoms with Crippen LogP contribution in [0.5, 0.6) is 0 Å². The Hall–Kier alpha value is -1.85. The monoisotopic (exact) mass is 292 g/mol. The van der Waals surface area contributed by atoms with Crippen LogP contribution in [0.15, 0.2) is 51.0 Å². The van der Waals surface area contributed by atoms with Crippen LogP contribution < -0.4 is 5.76 Å². The van der Waals surface area contributed by atoms with Gasteiger partial charge in [-0.25, -0.2) is 4.79 Å². The Morgan fingerprint density at radius 1 is 1.32 bits per heavy atom. The summed E-state index contributed by atoms with van der Waals surface area (Å²) in [6.45, 7) is 0.342. The van der Waals surface area contributed by atoms with Gasteiger partial charge < -0.3 is 4.42 Å². The van der Waals surface area contributed by atoms with Gasteiger partial charge in [-0.15, -0.1) is 16.4 Å². The highest BCUT2D eigenvalue weighted by atomic mass is 35.5. The third-order valence-corrected chi connectivity index (χ3v) is 3.65. The second kappa shape index (κ2) is 5.03. The van der Waals surface area contributed by atoms with Crippen LogP contribution in [0.4, 0.5) is 0 Å². The summed E-state index contributed by atoms with van der Waals surface area (Å²) in [5.74, 6) is -0.120. The third-order valence-electron chi connectivity index (χ3n) is 2.56. The number of nitrogens with zero attached hydrogens (tertiary/aromatic N) is 2. The van der Waals surface area contributed by atoms with Crippen molar-refractivity contribution < 1.29 is 4.42 Å². The van der Waals surface area contributed by atoms with Gasteiger partial charge in [-0.1, -0.05) is 29.8 Å². The van der Waals surface area contributed by atoms with Crippen molar-refractivity contribution in [2.45, 2.75) is 6.54 Å². The maximum atomic E-state index is 11.7. The molecule has 0 aliphatic heterocycles. The molecular weight excluding hydrogens is 284 g/mol. The fourth-order valence-corrected chi connectivity index (χ4v) is 2.57. The Morgan fingerprint density at radius 3 is 2.95 bits per heavy atom. The van der Waals surface area contributed by atoms with Gasteiger partial charge in [0, 0.05) is 5.02 Å². The Balaban J connectivity index is 1.92. The minimum absolute atomic E-state index is 0.342. The molecule has 19 heavy (non-hydrogen) atoms. The van der Waals surface area contributed by atoms with Crippen molar-refractivity contribution in [1.29, 1.82) is 0 Å². The summed E-state index contributed by atoms with van der Waals surface area (Å²) in [6.07, 6.45) is 0. The quantitative estimate of drug-likeness (QED) is 0.744. The molecule has 0 unspecified atom stereocenters. The fraction of sp³-hybridized carbons (Fsp3) is 0.0769. The molecule has 0 spiro atoms. The molecule has 0 aliphatic carbocycles. The molecule has 0 saturated carbocycles. The van der Waals surface area contributed by atoms with E-state index in [9.17, 15) is 4.79 Å². The summed E-state index contributed by atoms with van der Waals surface area (Å²) in [6, 6.07) is 11.1. The molecule has 0 saturated heterocycles. The molecule has 2 aromatic heterocycles. The van der Waals surface area contributed by atoms with Gasteiger partial charge in [0.05, 0.1) is 11.4 Å². The van der Waals surface area contributed by atoms with Crippen LogP contribution in [-0.2, 0) is 6.54 Å². The van der Waals surface area contributed by atoms with Crippen LogP contribution in [0.25, 0.3) is 10.8 Å². The van der Waals surface area contributed by atoms with E-state index >= 15 is 0 Å². The molecule has 3 rings (SSSR count). The van der Waals surface area contributed by atoms with Gasteiger partial charge in [0.2, 0.25) is 0 Å². The molecule has 3 aromatic rings. The lowest BCUT2D eigenvalue weighted by atomic mass is 10.2. The Labute approximate surface area is 117 Å². The van der Waals surface area contributed by atoms with Gasteiger partial charge in [0.15, 0.2) is 0 Å². The maximum absolute atomic E-state index is 11.7. The SMILES string of the molecule is O=c1oc(-c2cccs2)nn1Cc1cccc(Cl)c1. The summed E-state index contributed by atoms with van der Waals surface area (Å²) in [5, 5.41) is 6.72. The topological polar surface area (TPSA) is 48.0 Å². The first-order valence-electron chi connectivity index (χ1n) is 5.58. The first-order valence-corrected chi connectivity index (χ1v) is 6.84. The molecule has 0 atom stereocenters. The van der Waals surface area contributed by atoms with Gasteiger partial charge in [-0.2, -0.15) is 4.68 Å². The lowest BCUT2D eigenvalue weighted by Crippen LogP contribution is -2.16. The first kappa shape index (κ1) is 12.2. The number of hydrogen-bond donors (Lipinski definition) is 0. The average Bonchev–Trinajstić information content (AvgIpc) is 3.00. The van der Waals surface area contributed by atoms with E-state index in [1.807, 2.05) is 29.6 Å². The van der Waals surface area contributed by atoms with E-state index in [2.05, 4.69) is 5.10 Å². The molecule has 0 bridgehead atoms. The second-order valence-corrected chi connectivity index (χ2v) is 5.32. The molecule has 2 heterocycles. The van der Waals surface area contributed by atoms with Gasteiger partial charge in [-0.3, -0.25) is 0 Å². The zero-order valence-corrected chi connectivity index (χ0v) is 11.3. The standard InChI is InChI=1S/C13H9ClN2O2S/c14-10-4-1-3-9(7-10)8-16-13(17)18-12(15-16)11-5-2-6-19-11/h1-7H,8H2. The highest BCUT2D eigenvalue weighted by Crippen LogP contribution is 2.21. The Kier molecular flexibility index (Phi) is 3.23. The lowest BCUT2D eigenvalue weighted by molar-refractivity contribution is 0.495. The van der Waals surface area contributed by atoms with Crippen LogP contribution >= 0.6 is 22.9 Å². The molecule has 0 radical (unpaired) electrons. The number of benzene rings is 1. The molecular formula is C13H9ClN2O2S. The molecule has 0 amide bonds. The van der Waals surface area contributed by atoms with E-state index in [0.717, 1.165) is 10.4 Å². The van der Waals surface area contributed by atoms with E-state index in [-0.39, 0.29) is 0 Å². The van der Waals surface area contributed by atoms with Crippen LogP contribution in [-0.4, -0.2) is 9.78 Å². The van der Waals surface area contributed by atoms with Crippen LogP contribution in [0.3, 0.4) is 0 Å². The van der Waals surface area contributed by atoms with Crippen molar-refractivity contribution in [1.82, 2.24) is 9.78 Å². The van der Waals surface area contributed by atoms with E-state index < -0.39 is 5.76 Å². The first-order chi connectivity index (χ1) is 9.22. The molecule has 0 N–H and O–H groups in total. The van der Waals surface area contributed by atoms with E-state index in [0.29, 0.717) is 17.5 Å². The van der Waals surface area contributed by atoms with Crippen molar-refractivity contribution in [3.8, 4) is 10.8 Å². The Morgan fingerprint density at radius 2 is 2.21 bits per heavy atom. The Bertz CT molecular complexity index is 746. The zero-order chi connectivity index (χ0) is 13.2. The van der Waals surface area contributed by atoms with Crippen molar-refractivity contribution in [2.24, 2.45) is 0 Å². The average molecular weight is 293 g/mol. The zero-order valence-electron chi connectivity index (χ0n) is 9.75. The van der Waals surface area contributed by atoms with E-state index in [4.69, 9.17) is 16.0 Å². The lowest BCUT2D eigenvalue weighted by Gasteiger charge is -1.99. The number of thiophene rings is 1. The molecule has 0 aliphatic rings.